The van der Waals surface area contributed by atoms with Gasteiger partial charge in [-0.1, -0.05) is 57.5 Å². The van der Waals surface area contributed by atoms with Gasteiger partial charge in [0.25, 0.3) is 5.91 Å². The van der Waals surface area contributed by atoms with Crippen molar-refractivity contribution >= 4 is 12.0 Å². The first-order valence-corrected chi connectivity index (χ1v) is 12.4. The average molecular weight is 467 g/mol. The van der Waals surface area contributed by atoms with Crippen molar-refractivity contribution in [2.45, 2.75) is 85.5 Å². The van der Waals surface area contributed by atoms with Crippen molar-refractivity contribution in [3.05, 3.63) is 41.7 Å². The molecule has 1 aliphatic heterocycles. The predicted octanol–water partition coefficient (Wildman–Crippen LogP) is 5.25. The van der Waals surface area contributed by atoms with E-state index >= 15 is 0 Å². The number of aromatic nitrogens is 2. The molecule has 1 aromatic heterocycles. The molecule has 1 fully saturated rings. The van der Waals surface area contributed by atoms with Crippen molar-refractivity contribution in [3.8, 4) is 11.4 Å². The first-order chi connectivity index (χ1) is 16.0. The molecule has 2 unspecified atom stereocenters. The number of amides is 2. The van der Waals surface area contributed by atoms with Crippen molar-refractivity contribution in [1.82, 2.24) is 19.8 Å². The third-order valence-electron chi connectivity index (χ3n) is 7.46. The predicted molar refractivity (Wildman–Crippen MR) is 132 cm³/mol. The number of nitrogens with zero attached hydrogens (tertiary/aromatic N) is 3. The van der Waals surface area contributed by atoms with E-state index in [2.05, 4.69) is 30.7 Å². The number of nitrogens with one attached hydrogen (secondary N) is 1. The highest BCUT2D eigenvalue weighted by molar-refractivity contribution is 5.94. The Balaban J connectivity index is 1.65. The number of benzene rings is 1. The SMILES string of the molecule is CCC1CCC(NC(=O)c2nc(-c3ccccc3)n3c2CN(C(=O)OC(C)(C)C)CC3)C1(C)C. The molecule has 2 atom stereocenters. The Kier molecular flexibility index (Phi) is 6.49. The normalized spacial score (nSPS) is 21.8. The maximum Gasteiger partial charge on any atom is 0.410 e. The molecular formula is C27H38N4O3. The summed E-state index contributed by atoms with van der Waals surface area (Å²) in [6.45, 7) is 13.7. The summed E-state index contributed by atoms with van der Waals surface area (Å²) in [6, 6.07) is 10.0. The van der Waals surface area contributed by atoms with Gasteiger partial charge in [0.05, 0.1) is 12.2 Å². The lowest BCUT2D eigenvalue weighted by Gasteiger charge is -2.33. The Morgan fingerprint density at radius 1 is 1.15 bits per heavy atom. The zero-order chi connectivity index (χ0) is 24.7. The Bertz CT molecular complexity index is 1050. The van der Waals surface area contributed by atoms with E-state index in [4.69, 9.17) is 9.72 Å². The van der Waals surface area contributed by atoms with E-state index in [1.807, 2.05) is 51.1 Å². The number of carbonyl (C=O) groups is 2. The van der Waals surface area contributed by atoms with E-state index in [0.29, 0.717) is 31.2 Å². The number of hydrogen-bond donors (Lipinski definition) is 1. The third kappa shape index (κ3) is 4.70. The third-order valence-corrected chi connectivity index (χ3v) is 7.46. The summed E-state index contributed by atoms with van der Waals surface area (Å²) in [6.07, 6.45) is 2.85. The molecule has 2 heterocycles. The zero-order valence-corrected chi connectivity index (χ0v) is 21.4. The van der Waals surface area contributed by atoms with Gasteiger partial charge in [0.15, 0.2) is 5.69 Å². The van der Waals surface area contributed by atoms with Crippen LogP contribution in [0.1, 0.15) is 77.0 Å². The number of hydrogen-bond acceptors (Lipinski definition) is 4. The highest BCUT2D eigenvalue weighted by Gasteiger charge is 2.43. The minimum atomic E-state index is -0.575. The molecule has 184 valence electrons. The molecule has 0 spiro atoms. The molecule has 1 aliphatic carbocycles. The first kappa shape index (κ1) is 24.3. The van der Waals surface area contributed by atoms with E-state index in [-0.39, 0.29) is 23.5 Å². The molecular weight excluding hydrogens is 428 g/mol. The van der Waals surface area contributed by atoms with Gasteiger partial charge in [0.1, 0.15) is 11.4 Å². The maximum absolute atomic E-state index is 13.6. The zero-order valence-electron chi connectivity index (χ0n) is 21.4. The van der Waals surface area contributed by atoms with Crippen LogP contribution < -0.4 is 5.32 Å². The van der Waals surface area contributed by atoms with Crippen LogP contribution in [0.4, 0.5) is 4.79 Å². The number of imidazole rings is 1. The number of carbonyl (C=O) groups excluding carboxylic acids is 2. The van der Waals surface area contributed by atoms with Crippen LogP contribution >= 0.6 is 0 Å². The van der Waals surface area contributed by atoms with Gasteiger partial charge in [-0.3, -0.25) is 4.79 Å². The highest BCUT2D eigenvalue weighted by Crippen LogP contribution is 2.44. The van der Waals surface area contributed by atoms with E-state index in [9.17, 15) is 9.59 Å². The lowest BCUT2D eigenvalue weighted by Crippen LogP contribution is -2.45. The highest BCUT2D eigenvalue weighted by atomic mass is 16.6. The minimum absolute atomic E-state index is 0.0367. The summed E-state index contributed by atoms with van der Waals surface area (Å²) in [4.78, 5) is 32.9. The number of rotatable bonds is 4. The molecule has 1 N–H and O–H groups in total. The van der Waals surface area contributed by atoms with Gasteiger partial charge in [-0.2, -0.15) is 0 Å². The molecule has 0 radical (unpaired) electrons. The van der Waals surface area contributed by atoms with Crippen molar-refractivity contribution in [3.63, 3.8) is 0 Å². The fourth-order valence-corrected chi connectivity index (χ4v) is 5.45. The summed E-state index contributed by atoms with van der Waals surface area (Å²) in [7, 11) is 0. The summed E-state index contributed by atoms with van der Waals surface area (Å²) in [5, 5.41) is 3.30. The standard InChI is InChI=1S/C27H38N4O3/c1-7-19-13-14-21(27(19,5)6)28-24(32)22-20-17-30(25(33)34-26(2,3)4)15-16-31(20)23(29-22)18-11-9-8-10-12-18/h8-12,19,21H,7,13-17H2,1-6H3,(H,28,32). The van der Waals surface area contributed by atoms with Gasteiger partial charge < -0.3 is 19.5 Å². The van der Waals surface area contributed by atoms with Crippen LogP contribution in [0.25, 0.3) is 11.4 Å². The number of ether oxygens (including phenoxy) is 1. The van der Waals surface area contributed by atoms with E-state index < -0.39 is 5.60 Å². The van der Waals surface area contributed by atoms with Gasteiger partial charge in [-0.25, -0.2) is 9.78 Å². The van der Waals surface area contributed by atoms with Crippen LogP contribution in [0.5, 0.6) is 0 Å². The molecule has 2 amide bonds. The van der Waals surface area contributed by atoms with Crippen molar-refractivity contribution in [2.75, 3.05) is 6.54 Å². The fraction of sp³-hybridized carbons (Fsp3) is 0.593. The molecule has 2 aliphatic rings. The van der Waals surface area contributed by atoms with E-state index in [1.165, 1.54) is 0 Å². The van der Waals surface area contributed by atoms with Crippen LogP contribution in [-0.2, 0) is 17.8 Å². The molecule has 1 aromatic carbocycles. The van der Waals surface area contributed by atoms with Gasteiger partial charge in [-0.15, -0.1) is 0 Å². The molecule has 34 heavy (non-hydrogen) atoms. The van der Waals surface area contributed by atoms with E-state index in [0.717, 1.165) is 36.3 Å². The second-order valence-corrected chi connectivity index (χ2v) is 11.2. The van der Waals surface area contributed by atoms with Gasteiger partial charge in [0.2, 0.25) is 0 Å². The Hall–Kier alpha value is -2.83. The van der Waals surface area contributed by atoms with Gasteiger partial charge >= 0.3 is 6.09 Å². The lowest BCUT2D eigenvalue weighted by atomic mass is 9.78. The minimum Gasteiger partial charge on any atom is -0.444 e. The first-order valence-electron chi connectivity index (χ1n) is 12.4. The Labute approximate surface area is 202 Å². The summed E-state index contributed by atoms with van der Waals surface area (Å²) < 4.78 is 7.68. The second kappa shape index (κ2) is 9.08. The molecule has 7 nitrogen and oxygen atoms in total. The van der Waals surface area contributed by atoms with Crippen LogP contribution in [0.15, 0.2) is 30.3 Å². The molecule has 7 heteroatoms. The average Bonchev–Trinajstić information content (AvgIpc) is 3.29. The Morgan fingerprint density at radius 3 is 2.47 bits per heavy atom. The van der Waals surface area contributed by atoms with Crippen molar-refractivity contribution in [1.29, 1.82) is 0 Å². The second-order valence-electron chi connectivity index (χ2n) is 11.2. The topological polar surface area (TPSA) is 76.5 Å². The molecule has 1 saturated carbocycles. The molecule has 4 rings (SSSR count). The summed E-state index contributed by atoms with van der Waals surface area (Å²) in [5.41, 5.74) is 1.59. The van der Waals surface area contributed by atoms with Crippen molar-refractivity contribution < 1.29 is 14.3 Å². The van der Waals surface area contributed by atoms with E-state index in [1.54, 1.807) is 4.90 Å². The maximum atomic E-state index is 13.6. The Morgan fingerprint density at radius 2 is 1.85 bits per heavy atom. The van der Waals surface area contributed by atoms with Gasteiger partial charge in [0, 0.05) is 24.7 Å². The van der Waals surface area contributed by atoms with Gasteiger partial charge in [-0.05, 0) is 44.9 Å². The van der Waals surface area contributed by atoms with Crippen LogP contribution in [0, 0.1) is 11.3 Å². The quantitative estimate of drug-likeness (QED) is 0.668. The molecule has 0 bridgehead atoms. The molecule has 0 saturated heterocycles. The summed E-state index contributed by atoms with van der Waals surface area (Å²) in [5.74, 6) is 1.20. The fourth-order valence-electron chi connectivity index (χ4n) is 5.45. The molecule has 2 aromatic rings. The largest absolute Gasteiger partial charge is 0.444 e. The van der Waals surface area contributed by atoms with Crippen LogP contribution in [0.2, 0.25) is 0 Å². The van der Waals surface area contributed by atoms with Crippen LogP contribution in [-0.4, -0.2) is 44.6 Å². The smallest absolute Gasteiger partial charge is 0.410 e. The monoisotopic (exact) mass is 466 g/mol. The van der Waals surface area contributed by atoms with Crippen molar-refractivity contribution in [2.24, 2.45) is 11.3 Å². The van der Waals surface area contributed by atoms with Crippen LogP contribution in [0.3, 0.4) is 0 Å². The lowest BCUT2D eigenvalue weighted by molar-refractivity contribution is 0.0198. The summed E-state index contributed by atoms with van der Waals surface area (Å²) >= 11 is 0. The number of fused-ring (bicyclic) bond motifs is 1.